The molecule has 0 atom stereocenters. The second-order valence-corrected chi connectivity index (χ2v) is 14.7. The average Bonchev–Trinajstić information content (AvgIpc) is 3.66. The summed E-state index contributed by atoms with van der Waals surface area (Å²) in [5, 5.41) is 2.38. The SMILES string of the molecule is C=C1/C=C\C=C/CN(c2cc(N(c3ccccc3)c3ccccc3)cc(-n3c4ccccc4c4cc(N(c5ccccc5)c5ccccc5)ccc43)c2)c2ccccc21. The van der Waals surface area contributed by atoms with Crippen LogP contribution in [0.1, 0.15) is 5.56 Å². The summed E-state index contributed by atoms with van der Waals surface area (Å²) in [6.07, 6.45) is 8.52. The lowest BCUT2D eigenvalue weighted by atomic mass is 10.0. The highest BCUT2D eigenvalue weighted by molar-refractivity contribution is 6.11. The minimum Gasteiger partial charge on any atom is -0.337 e. The number of nitrogens with zero attached hydrogens (tertiary/aromatic N) is 4. The quantitative estimate of drug-likeness (QED) is 0.153. The Bertz CT molecular complexity index is 2900. The number of anilines is 8. The van der Waals surface area contributed by atoms with Crippen molar-refractivity contribution in [2.24, 2.45) is 0 Å². The predicted octanol–water partition coefficient (Wildman–Crippen LogP) is 15.0. The van der Waals surface area contributed by atoms with Crippen LogP contribution in [0.15, 0.2) is 237 Å². The van der Waals surface area contributed by atoms with Crippen molar-refractivity contribution in [2.45, 2.75) is 0 Å². The van der Waals surface area contributed by atoms with Gasteiger partial charge in [-0.2, -0.15) is 0 Å². The molecule has 59 heavy (non-hydrogen) atoms. The van der Waals surface area contributed by atoms with Gasteiger partial charge in [0, 0.05) is 62.7 Å². The Morgan fingerprint density at radius 2 is 0.932 bits per heavy atom. The van der Waals surface area contributed by atoms with Crippen molar-refractivity contribution in [3.05, 3.63) is 243 Å². The monoisotopic (exact) mass is 758 g/mol. The maximum Gasteiger partial charge on any atom is 0.0542 e. The summed E-state index contributed by atoms with van der Waals surface area (Å²) in [6.45, 7) is 5.15. The van der Waals surface area contributed by atoms with E-state index in [1.807, 2.05) is 0 Å². The maximum absolute atomic E-state index is 4.47. The Labute approximate surface area is 345 Å². The van der Waals surface area contributed by atoms with Crippen molar-refractivity contribution in [3.8, 4) is 5.69 Å². The number of fused-ring (bicyclic) bond motifs is 4. The molecule has 0 aliphatic carbocycles. The van der Waals surface area contributed by atoms with Crippen molar-refractivity contribution in [3.63, 3.8) is 0 Å². The minimum absolute atomic E-state index is 0.680. The molecule has 1 aromatic heterocycles. The van der Waals surface area contributed by atoms with Gasteiger partial charge in [-0.25, -0.2) is 0 Å². The molecule has 4 heteroatoms. The van der Waals surface area contributed by atoms with Crippen LogP contribution in [0.2, 0.25) is 0 Å². The van der Waals surface area contributed by atoms with Gasteiger partial charge in [-0.15, -0.1) is 0 Å². The molecule has 2 heterocycles. The molecule has 0 saturated carbocycles. The van der Waals surface area contributed by atoms with Crippen molar-refractivity contribution in [1.29, 1.82) is 0 Å². The van der Waals surface area contributed by atoms with Crippen LogP contribution >= 0.6 is 0 Å². The molecule has 0 radical (unpaired) electrons. The highest BCUT2D eigenvalue weighted by Crippen LogP contribution is 2.44. The molecule has 1 aliphatic rings. The van der Waals surface area contributed by atoms with Crippen LogP contribution in [0.5, 0.6) is 0 Å². The van der Waals surface area contributed by atoms with E-state index in [9.17, 15) is 0 Å². The minimum atomic E-state index is 0.680. The number of para-hydroxylation sites is 6. The van der Waals surface area contributed by atoms with Crippen molar-refractivity contribution in [2.75, 3.05) is 21.2 Å². The standard InChI is InChI=1S/C55H42N4/c1-41-21-7-6-20-36-56(53-32-18-16-30-50(41)53)47-37-48(58(44-26-12-4-13-27-44)45-28-14-5-15-29-45)39-49(38-47)59-54-33-19-17-31-51(54)52-40-46(34-35-55(52)59)57(42-22-8-2-9-23-42)43-24-10-3-11-25-43/h2-35,37-40H,1,36H2/b20-6-,21-7-. The highest BCUT2D eigenvalue weighted by atomic mass is 15.2. The fourth-order valence-corrected chi connectivity index (χ4v) is 8.40. The molecule has 1 aliphatic heterocycles. The van der Waals surface area contributed by atoms with Crippen LogP contribution in [0.4, 0.5) is 45.5 Å². The van der Waals surface area contributed by atoms with Crippen molar-refractivity contribution < 1.29 is 0 Å². The number of benzene rings is 8. The molecular formula is C55H42N4. The molecular weight excluding hydrogens is 717 g/mol. The topological polar surface area (TPSA) is 14.7 Å². The molecule has 9 aromatic rings. The van der Waals surface area contributed by atoms with E-state index in [4.69, 9.17) is 0 Å². The Morgan fingerprint density at radius 1 is 0.407 bits per heavy atom. The molecule has 0 fully saturated rings. The fraction of sp³-hybridized carbons (Fsp3) is 0.0182. The van der Waals surface area contributed by atoms with E-state index < -0.39 is 0 Å². The smallest absolute Gasteiger partial charge is 0.0542 e. The first-order valence-corrected chi connectivity index (χ1v) is 20.1. The summed E-state index contributed by atoms with van der Waals surface area (Å²) >= 11 is 0. The van der Waals surface area contributed by atoms with E-state index in [2.05, 4.69) is 256 Å². The van der Waals surface area contributed by atoms with Gasteiger partial charge >= 0.3 is 0 Å². The predicted molar refractivity (Wildman–Crippen MR) is 251 cm³/mol. The first kappa shape index (κ1) is 35.6. The summed E-state index contributed by atoms with van der Waals surface area (Å²) < 4.78 is 2.43. The van der Waals surface area contributed by atoms with Gasteiger partial charge in [-0.3, -0.25) is 0 Å². The van der Waals surface area contributed by atoms with Crippen LogP contribution < -0.4 is 14.7 Å². The maximum atomic E-state index is 4.47. The molecule has 0 spiro atoms. The fourth-order valence-electron chi connectivity index (χ4n) is 8.40. The van der Waals surface area contributed by atoms with Gasteiger partial charge in [0.1, 0.15) is 0 Å². The van der Waals surface area contributed by atoms with Gasteiger partial charge in [0.25, 0.3) is 0 Å². The first-order chi connectivity index (χ1) is 29.2. The summed E-state index contributed by atoms with van der Waals surface area (Å²) in [5.74, 6) is 0. The Balaban J connectivity index is 1.23. The zero-order valence-electron chi connectivity index (χ0n) is 32.6. The second-order valence-electron chi connectivity index (χ2n) is 14.7. The molecule has 0 N–H and O–H groups in total. The second kappa shape index (κ2) is 15.6. The van der Waals surface area contributed by atoms with E-state index >= 15 is 0 Å². The first-order valence-electron chi connectivity index (χ1n) is 20.1. The third-order valence-corrected chi connectivity index (χ3v) is 11.1. The lowest BCUT2D eigenvalue weighted by Crippen LogP contribution is -2.19. The summed E-state index contributed by atoms with van der Waals surface area (Å²) in [5.41, 5.74) is 14.1. The van der Waals surface area contributed by atoms with Gasteiger partial charge in [0.2, 0.25) is 0 Å². The number of hydrogen-bond donors (Lipinski definition) is 0. The third-order valence-electron chi connectivity index (χ3n) is 11.1. The Hall–Kier alpha value is -7.82. The number of rotatable bonds is 8. The third kappa shape index (κ3) is 6.77. The van der Waals surface area contributed by atoms with E-state index in [1.165, 1.54) is 10.8 Å². The summed E-state index contributed by atoms with van der Waals surface area (Å²) in [4.78, 5) is 7.10. The summed E-state index contributed by atoms with van der Waals surface area (Å²) in [7, 11) is 0. The average molecular weight is 759 g/mol. The van der Waals surface area contributed by atoms with Crippen LogP contribution in [-0.2, 0) is 0 Å². The summed E-state index contributed by atoms with van der Waals surface area (Å²) in [6, 6.07) is 73.8. The Kier molecular flexibility index (Phi) is 9.41. The van der Waals surface area contributed by atoms with E-state index in [-0.39, 0.29) is 0 Å². The lowest BCUT2D eigenvalue weighted by molar-refractivity contribution is 1.08. The molecule has 4 nitrogen and oxygen atoms in total. The van der Waals surface area contributed by atoms with Gasteiger partial charge < -0.3 is 19.3 Å². The molecule has 0 saturated heterocycles. The Morgan fingerprint density at radius 3 is 1.58 bits per heavy atom. The molecule has 8 aromatic carbocycles. The molecule has 282 valence electrons. The van der Waals surface area contributed by atoms with Crippen LogP contribution in [0.25, 0.3) is 33.1 Å². The highest BCUT2D eigenvalue weighted by Gasteiger charge is 2.22. The largest absolute Gasteiger partial charge is 0.337 e. The molecule has 0 unspecified atom stereocenters. The van der Waals surface area contributed by atoms with E-state index in [0.717, 1.165) is 73.4 Å². The number of aromatic nitrogens is 1. The zero-order valence-corrected chi connectivity index (χ0v) is 32.6. The van der Waals surface area contributed by atoms with E-state index in [0.29, 0.717) is 6.54 Å². The van der Waals surface area contributed by atoms with Crippen molar-refractivity contribution >= 4 is 72.9 Å². The number of allylic oxidation sites excluding steroid dienone is 4. The van der Waals surface area contributed by atoms with Crippen LogP contribution in [0.3, 0.4) is 0 Å². The van der Waals surface area contributed by atoms with Crippen molar-refractivity contribution in [1.82, 2.24) is 4.57 Å². The van der Waals surface area contributed by atoms with Crippen LogP contribution in [0, 0.1) is 0 Å². The number of hydrogen-bond acceptors (Lipinski definition) is 3. The van der Waals surface area contributed by atoms with Gasteiger partial charge in [0.05, 0.1) is 22.4 Å². The van der Waals surface area contributed by atoms with Gasteiger partial charge in [0.15, 0.2) is 0 Å². The zero-order chi connectivity index (χ0) is 39.5. The lowest BCUT2D eigenvalue weighted by Gasteiger charge is -2.31. The normalized spacial score (nSPS) is 13.6. The molecule has 0 bridgehead atoms. The van der Waals surface area contributed by atoms with Crippen LogP contribution in [-0.4, -0.2) is 11.1 Å². The molecule has 0 amide bonds. The van der Waals surface area contributed by atoms with Gasteiger partial charge in [-0.05, 0) is 103 Å². The van der Waals surface area contributed by atoms with Gasteiger partial charge in [-0.1, -0.05) is 140 Å². The van der Waals surface area contributed by atoms with E-state index in [1.54, 1.807) is 0 Å². The molecule has 10 rings (SSSR count).